The van der Waals surface area contributed by atoms with Crippen LogP contribution in [0.4, 0.5) is 5.69 Å². The summed E-state index contributed by atoms with van der Waals surface area (Å²) in [4.78, 5) is 26.9. The van der Waals surface area contributed by atoms with Gasteiger partial charge in [-0.2, -0.15) is 0 Å². The van der Waals surface area contributed by atoms with E-state index in [1.54, 1.807) is 0 Å². The van der Waals surface area contributed by atoms with E-state index in [0.717, 1.165) is 16.8 Å². The maximum absolute atomic E-state index is 12.7. The van der Waals surface area contributed by atoms with Gasteiger partial charge in [0.2, 0.25) is 5.91 Å². The minimum absolute atomic E-state index is 0.149. The molecule has 2 aromatic carbocycles. The largest absolute Gasteiger partial charge is 0.326 e. The van der Waals surface area contributed by atoms with E-state index in [4.69, 9.17) is 12.2 Å². The molecule has 0 unspecified atom stereocenters. The van der Waals surface area contributed by atoms with Gasteiger partial charge in [-0.25, -0.2) is 0 Å². The smallest absolute Gasteiger partial charge is 0.266 e. The number of nitrogens with one attached hydrogen (secondary N) is 1. The summed E-state index contributed by atoms with van der Waals surface area (Å²) < 4.78 is 0.483. The van der Waals surface area contributed by atoms with E-state index in [-0.39, 0.29) is 24.8 Å². The molecule has 2 amide bonds. The number of amides is 2. The van der Waals surface area contributed by atoms with Gasteiger partial charge in [-0.3, -0.25) is 14.5 Å². The number of hydrogen-bond donors (Lipinski definition) is 1. The molecule has 0 bridgehead atoms. The summed E-state index contributed by atoms with van der Waals surface area (Å²) in [5.74, 6) is -0.298. The first-order chi connectivity index (χ1) is 13.5. The minimum atomic E-state index is -0.150. The lowest BCUT2D eigenvalue weighted by Crippen LogP contribution is -2.31. The van der Waals surface area contributed by atoms with Gasteiger partial charge >= 0.3 is 0 Å². The van der Waals surface area contributed by atoms with Gasteiger partial charge in [-0.1, -0.05) is 78.6 Å². The number of nitrogens with zero attached hydrogens (tertiary/aromatic N) is 1. The van der Waals surface area contributed by atoms with Crippen LogP contribution in [-0.2, 0) is 9.59 Å². The zero-order chi connectivity index (χ0) is 19.9. The molecule has 2 aromatic rings. The molecule has 142 valence electrons. The third kappa shape index (κ3) is 5.41. The number of hydrogen-bond acceptors (Lipinski definition) is 4. The molecule has 6 heteroatoms. The first-order valence-corrected chi connectivity index (χ1v) is 10.1. The number of thioether (sulfide) groups is 1. The molecule has 1 aliphatic heterocycles. The second kappa shape index (κ2) is 9.48. The molecule has 3 rings (SSSR count). The summed E-state index contributed by atoms with van der Waals surface area (Å²) in [5.41, 5.74) is 2.78. The van der Waals surface area contributed by atoms with E-state index in [0.29, 0.717) is 9.23 Å². The van der Waals surface area contributed by atoms with Gasteiger partial charge in [0.25, 0.3) is 5.91 Å². The van der Waals surface area contributed by atoms with Crippen LogP contribution in [0, 0.1) is 0 Å². The molecule has 0 aromatic heterocycles. The lowest BCUT2D eigenvalue weighted by Gasteiger charge is -2.14. The number of carbonyl (C=O) groups is 2. The summed E-state index contributed by atoms with van der Waals surface area (Å²) in [6, 6.07) is 19.2. The first-order valence-electron chi connectivity index (χ1n) is 8.86. The normalized spacial score (nSPS) is 16.0. The molecule has 1 saturated heterocycles. The van der Waals surface area contributed by atoms with Crippen LogP contribution in [0.5, 0.6) is 0 Å². The van der Waals surface area contributed by atoms with Crippen LogP contribution in [-0.4, -0.2) is 27.6 Å². The molecule has 0 saturated carbocycles. The Bertz CT molecular complexity index is 938. The van der Waals surface area contributed by atoms with Crippen molar-refractivity contribution < 1.29 is 9.59 Å². The second-order valence-corrected chi connectivity index (χ2v) is 7.97. The summed E-state index contributed by atoms with van der Waals surface area (Å²) in [6.07, 6.45) is 4.05. The fourth-order valence-corrected chi connectivity index (χ4v) is 4.07. The van der Waals surface area contributed by atoms with E-state index >= 15 is 0 Å². The summed E-state index contributed by atoms with van der Waals surface area (Å²) in [5, 5.41) is 2.82. The Hall–Kier alpha value is -2.70. The lowest BCUT2D eigenvalue weighted by atomic mass is 10.1. The van der Waals surface area contributed by atoms with Crippen molar-refractivity contribution in [1.29, 1.82) is 0 Å². The van der Waals surface area contributed by atoms with E-state index in [2.05, 4.69) is 5.32 Å². The highest BCUT2D eigenvalue weighted by molar-refractivity contribution is 8.26. The molecule has 1 fully saturated rings. The predicted octanol–water partition coefficient (Wildman–Crippen LogP) is 4.86. The zero-order valence-electron chi connectivity index (χ0n) is 15.4. The Kier molecular flexibility index (Phi) is 6.79. The van der Waals surface area contributed by atoms with Gasteiger partial charge in [0.1, 0.15) is 4.32 Å². The summed E-state index contributed by atoms with van der Waals surface area (Å²) in [6.45, 7) is 2.22. The molecular weight excluding hydrogens is 388 g/mol. The van der Waals surface area contributed by atoms with E-state index in [1.165, 1.54) is 16.7 Å². The quantitative estimate of drug-likeness (QED) is 0.548. The molecule has 28 heavy (non-hydrogen) atoms. The van der Waals surface area contributed by atoms with Crippen LogP contribution in [0.25, 0.3) is 6.08 Å². The molecule has 0 aliphatic carbocycles. The SMILES string of the molecule is CC(=Cc1ccccc1)C=C1SC(=S)N(CCC(=O)Nc2ccccc2)C1=O. The standard InChI is InChI=1S/C22H20N2O2S2/c1-16(14-17-8-4-2-5-9-17)15-19-21(26)24(22(27)28-19)13-12-20(25)23-18-10-6-3-7-11-18/h2-11,14-15H,12-13H2,1H3,(H,23,25). The van der Waals surface area contributed by atoms with Crippen LogP contribution in [0.3, 0.4) is 0 Å². The molecule has 0 spiro atoms. The monoisotopic (exact) mass is 408 g/mol. The number of benzene rings is 2. The van der Waals surface area contributed by atoms with Crippen molar-refractivity contribution in [3.8, 4) is 0 Å². The Balaban J connectivity index is 1.60. The van der Waals surface area contributed by atoms with Gasteiger partial charge in [-0.15, -0.1) is 0 Å². The number of allylic oxidation sites excluding steroid dienone is 2. The van der Waals surface area contributed by atoms with Crippen molar-refractivity contribution in [3.63, 3.8) is 0 Å². The second-order valence-electron chi connectivity index (χ2n) is 6.30. The summed E-state index contributed by atoms with van der Waals surface area (Å²) >= 11 is 6.61. The summed E-state index contributed by atoms with van der Waals surface area (Å²) in [7, 11) is 0. The minimum Gasteiger partial charge on any atom is -0.326 e. The van der Waals surface area contributed by atoms with Crippen molar-refractivity contribution >= 4 is 51.9 Å². The van der Waals surface area contributed by atoms with Crippen molar-refractivity contribution in [2.75, 3.05) is 11.9 Å². The number of rotatable bonds is 6. The van der Waals surface area contributed by atoms with E-state index in [9.17, 15) is 9.59 Å². The van der Waals surface area contributed by atoms with Crippen LogP contribution in [0.2, 0.25) is 0 Å². The molecule has 1 heterocycles. The molecule has 0 atom stereocenters. The highest BCUT2D eigenvalue weighted by Gasteiger charge is 2.32. The fourth-order valence-electron chi connectivity index (χ4n) is 2.71. The Morgan fingerprint density at radius 2 is 1.75 bits per heavy atom. The molecule has 1 N–H and O–H groups in total. The molecule has 1 aliphatic rings. The van der Waals surface area contributed by atoms with Crippen molar-refractivity contribution in [2.24, 2.45) is 0 Å². The molecule has 0 radical (unpaired) electrons. The third-order valence-corrected chi connectivity index (χ3v) is 5.42. The first kappa shape index (κ1) is 20.0. The van der Waals surface area contributed by atoms with Gasteiger partial charge in [0, 0.05) is 18.7 Å². The van der Waals surface area contributed by atoms with Crippen molar-refractivity contribution in [1.82, 2.24) is 4.90 Å². The van der Waals surface area contributed by atoms with E-state index in [1.807, 2.05) is 79.7 Å². The number of thiocarbonyl (C=S) groups is 1. The van der Waals surface area contributed by atoms with Gasteiger partial charge in [-0.05, 0) is 36.3 Å². The average Bonchev–Trinajstić information content (AvgIpc) is 2.94. The maximum Gasteiger partial charge on any atom is 0.266 e. The third-order valence-electron chi connectivity index (χ3n) is 4.05. The zero-order valence-corrected chi connectivity index (χ0v) is 17.1. The lowest BCUT2D eigenvalue weighted by molar-refractivity contribution is -0.122. The Labute approximate surface area is 174 Å². The van der Waals surface area contributed by atoms with E-state index < -0.39 is 0 Å². The maximum atomic E-state index is 12.7. The predicted molar refractivity (Wildman–Crippen MR) is 120 cm³/mol. The highest BCUT2D eigenvalue weighted by atomic mass is 32.2. The van der Waals surface area contributed by atoms with Crippen LogP contribution >= 0.6 is 24.0 Å². The highest BCUT2D eigenvalue weighted by Crippen LogP contribution is 2.32. The number of carbonyl (C=O) groups excluding carboxylic acids is 2. The average molecular weight is 409 g/mol. The molecular formula is C22H20N2O2S2. The fraction of sp³-hybridized carbons (Fsp3) is 0.136. The van der Waals surface area contributed by atoms with Crippen molar-refractivity contribution in [3.05, 3.63) is 82.8 Å². The molecule has 4 nitrogen and oxygen atoms in total. The Morgan fingerprint density at radius 3 is 2.43 bits per heavy atom. The van der Waals surface area contributed by atoms with Gasteiger partial charge < -0.3 is 5.32 Å². The van der Waals surface area contributed by atoms with Crippen LogP contribution < -0.4 is 5.32 Å². The topological polar surface area (TPSA) is 49.4 Å². The van der Waals surface area contributed by atoms with Crippen molar-refractivity contribution in [2.45, 2.75) is 13.3 Å². The number of para-hydroxylation sites is 1. The van der Waals surface area contributed by atoms with Crippen LogP contribution in [0.15, 0.2) is 77.2 Å². The van der Waals surface area contributed by atoms with Crippen LogP contribution in [0.1, 0.15) is 18.9 Å². The van der Waals surface area contributed by atoms with Gasteiger partial charge in [0.05, 0.1) is 4.91 Å². The number of anilines is 1. The van der Waals surface area contributed by atoms with Gasteiger partial charge in [0.15, 0.2) is 0 Å². The Morgan fingerprint density at radius 1 is 1.11 bits per heavy atom.